The Morgan fingerprint density at radius 1 is 1.15 bits per heavy atom. The van der Waals surface area contributed by atoms with Crippen molar-refractivity contribution >= 4 is 11.6 Å². The Kier molecular flexibility index (Phi) is 3.08. The Balaban J connectivity index is 1.99. The Morgan fingerprint density at radius 3 is 2.75 bits per heavy atom. The van der Waals surface area contributed by atoms with E-state index in [0.29, 0.717) is 11.1 Å². The standard InChI is InChI=1S/C13H7ClFN3O2/c14-10-4-7(1-2-11(10)15)12-17-13(20-18-12)8-3-9(19)6-16-5-8/h1-6,19H. The van der Waals surface area contributed by atoms with Crippen molar-refractivity contribution in [3.05, 3.63) is 47.5 Å². The van der Waals surface area contributed by atoms with Crippen LogP contribution in [0.25, 0.3) is 22.8 Å². The average Bonchev–Trinajstić information content (AvgIpc) is 2.92. The third-order valence-electron chi connectivity index (χ3n) is 2.57. The Hall–Kier alpha value is -2.47. The SMILES string of the molecule is Oc1cncc(-c2nc(-c3ccc(F)c(Cl)c3)no2)c1. The van der Waals surface area contributed by atoms with E-state index in [4.69, 9.17) is 16.1 Å². The fraction of sp³-hybridized carbons (Fsp3) is 0. The minimum atomic E-state index is -0.517. The molecule has 0 aliphatic heterocycles. The van der Waals surface area contributed by atoms with Crippen molar-refractivity contribution in [2.24, 2.45) is 0 Å². The molecule has 20 heavy (non-hydrogen) atoms. The molecule has 0 amide bonds. The van der Waals surface area contributed by atoms with Crippen molar-refractivity contribution in [3.8, 4) is 28.6 Å². The summed E-state index contributed by atoms with van der Waals surface area (Å²) < 4.78 is 18.2. The minimum Gasteiger partial charge on any atom is -0.506 e. The van der Waals surface area contributed by atoms with Crippen LogP contribution in [-0.2, 0) is 0 Å². The predicted octanol–water partition coefficient (Wildman–Crippen LogP) is 3.30. The van der Waals surface area contributed by atoms with E-state index >= 15 is 0 Å². The van der Waals surface area contributed by atoms with Gasteiger partial charge in [0.1, 0.15) is 11.6 Å². The maximum atomic E-state index is 13.1. The van der Waals surface area contributed by atoms with Crippen LogP contribution in [0.15, 0.2) is 41.2 Å². The van der Waals surface area contributed by atoms with Gasteiger partial charge < -0.3 is 9.63 Å². The van der Waals surface area contributed by atoms with Gasteiger partial charge >= 0.3 is 0 Å². The number of pyridine rings is 1. The molecule has 0 bridgehead atoms. The molecule has 7 heteroatoms. The maximum Gasteiger partial charge on any atom is 0.259 e. The number of halogens is 2. The van der Waals surface area contributed by atoms with Gasteiger partial charge in [-0.15, -0.1) is 0 Å². The van der Waals surface area contributed by atoms with Gasteiger partial charge in [-0.3, -0.25) is 4.98 Å². The van der Waals surface area contributed by atoms with Gasteiger partial charge in [0.25, 0.3) is 5.89 Å². The molecule has 0 fully saturated rings. The topological polar surface area (TPSA) is 72.0 Å². The molecule has 1 N–H and O–H groups in total. The first-order valence-electron chi connectivity index (χ1n) is 5.57. The molecule has 2 heterocycles. The minimum absolute atomic E-state index is 0.00734. The molecule has 0 saturated carbocycles. The first-order chi connectivity index (χ1) is 9.63. The molecule has 5 nitrogen and oxygen atoms in total. The molecule has 3 rings (SSSR count). The second kappa shape index (κ2) is 4.90. The molecule has 0 aliphatic carbocycles. The molecule has 0 spiro atoms. The zero-order valence-corrected chi connectivity index (χ0v) is 10.7. The van der Waals surface area contributed by atoms with E-state index in [9.17, 15) is 9.50 Å². The molecule has 2 aromatic heterocycles. The number of hydrogen-bond donors (Lipinski definition) is 1. The zero-order chi connectivity index (χ0) is 14.1. The lowest BCUT2D eigenvalue weighted by atomic mass is 10.2. The van der Waals surface area contributed by atoms with Crippen molar-refractivity contribution in [1.82, 2.24) is 15.1 Å². The highest BCUT2D eigenvalue weighted by Gasteiger charge is 2.12. The summed E-state index contributed by atoms with van der Waals surface area (Å²) in [6, 6.07) is 5.58. The molecule has 0 radical (unpaired) electrons. The highest BCUT2D eigenvalue weighted by Crippen LogP contribution is 2.26. The molecular weight excluding hydrogens is 285 g/mol. The van der Waals surface area contributed by atoms with Crippen LogP contribution in [0.1, 0.15) is 0 Å². The van der Waals surface area contributed by atoms with Crippen LogP contribution in [0.2, 0.25) is 5.02 Å². The Bertz CT molecular complexity index is 776. The average molecular weight is 292 g/mol. The largest absolute Gasteiger partial charge is 0.506 e. The summed E-state index contributed by atoms with van der Waals surface area (Å²) in [7, 11) is 0. The Labute approximate surface area is 117 Å². The van der Waals surface area contributed by atoms with E-state index in [-0.39, 0.29) is 22.5 Å². The zero-order valence-electron chi connectivity index (χ0n) is 9.92. The Morgan fingerprint density at radius 2 is 2.00 bits per heavy atom. The number of rotatable bonds is 2. The van der Waals surface area contributed by atoms with E-state index in [2.05, 4.69) is 15.1 Å². The van der Waals surface area contributed by atoms with E-state index in [1.54, 1.807) is 0 Å². The van der Waals surface area contributed by atoms with Crippen molar-refractivity contribution in [3.63, 3.8) is 0 Å². The van der Waals surface area contributed by atoms with Crippen molar-refractivity contribution in [2.45, 2.75) is 0 Å². The smallest absolute Gasteiger partial charge is 0.259 e. The monoisotopic (exact) mass is 291 g/mol. The first-order valence-corrected chi connectivity index (χ1v) is 5.95. The highest BCUT2D eigenvalue weighted by molar-refractivity contribution is 6.31. The number of aromatic hydroxyl groups is 1. The van der Waals surface area contributed by atoms with Gasteiger partial charge in [-0.2, -0.15) is 4.98 Å². The lowest BCUT2D eigenvalue weighted by molar-refractivity contribution is 0.431. The predicted molar refractivity (Wildman–Crippen MR) is 69.6 cm³/mol. The summed E-state index contributed by atoms with van der Waals surface area (Å²) in [5, 5.41) is 13.1. The van der Waals surface area contributed by atoms with Crippen molar-refractivity contribution in [1.29, 1.82) is 0 Å². The fourth-order valence-electron chi connectivity index (χ4n) is 1.64. The van der Waals surface area contributed by atoms with E-state index < -0.39 is 5.82 Å². The van der Waals surface area contributed by atoms with Crippen LogP contribution in [0.5, 0.6) is 5.75 Å². The number of nitrogens with zero attached hydrogens (tertiary/aromatic N) is 3. The summed E-state index contributed by atoms with van der Waals surface area (Å²) in [4.78, 5) is 7.97. The van der Waals surface area contributed by atoms with Crippen LogP contribution in [0, 0.1) is 5.82 Å². The lowest BCUT2D eigenvalue weighted by Gasteiger charge is -1.96. The molecule has 0 saturated heterocycles. The summed E-state index contributed by atoms with van der Waals surface area (Å²) in [5.41, 5.74) is 1.01. The molecular formula is C13H7ClFN3O2. The van der Waals surface area contributed by atoms with Crippen LogP contribution >= 0.6 is 11.6 Å². The lowest BCUT2D eigenvalue weighted by Crippen LogP contribution is -1.84. The third-order valence-corrected chi connectivity index (χ3v) is 2.86. The van der Waals surface area contributed by atoms with Crippen LogP contribution in [0.4, 0.5) is 4.39 Å². The highest BCUT2D eigenvalue weighted by atomic mass is 35.5. The van der Waals surface area contributed by atoms with Gasteiger partial charge in [0, 0.05) is 11.8 Å². The van der Waals surface area contributed by atoms with Gasteiger partial charge in [0.15, 0.2) is 0 Å². The molecule has 3 aromatic rings. The van der Waals surface area contributed by atoms with E-state index in [0.717, 1.165) is 0 Å². The van der Waals surface area contributed by atoms with Gasteiger partial charge in [0.05, 0.1) is 16.8 Å². The van der Waals surface area contributed by atoms with Gasteiger partial charge in [0.2, 0.25) is 5.82 Å². The van der Waals surface area contributed by atoms with Crippen LogP contribution in [-0.4, -0.2) is 20.2 Å². The van der Waals surface area contributed by atoms with Gasteiger partial charge in [-0.25, -0.2) is 4.39 Å². The van der Waals surface area contributed by atoms with Crippen LogP contribution in [0.3, 0.4) is 0 Å². The number of hydrogen-bond acceptors (Lipinski definition) is 5. The summed E-state index contributed by atoms with van der Waals surface area (Å²) >= 11 is 5.70. The quantitative estimate of drug-likeness (QED) is 0.784. The summed E-state index contributed by atoms with van der Waals surface area (Å²) in [6.45, 7) is 0. The summed E-state index contributed by atoms with van der Waals surface area (Å²) in [6.07, 6.45) is 2.77. The maximum absolute atomic E-state index is 13.1. The molecule has 0 unspecified atom stereocenters. The normalized spacial score (nSPS) is 10.7. The molecule has 0 aliphatic rings. The second-order valence-corrected chi connectivity index (χ2v) is 4.39. The van der Waals surface area contributed by atoms with Crippen molar-refractivity contribution < 1.29 is 14.0 Å². The molecule has 100 valence electrons. The van der Waals surface area contributed by atoms with Gasteiger partial charge in [-0.1, -0.05) is 16.8 Å². The second-order valence-electron chi connectivity index (χ2n) is 3.98. The number of aromatic nitrogens is 3. The van der Waals surface area contributed by atoms with Gasteiger partial charge in [-0.05, 0) is 24.3 Å². The fourth-order valence-corrected chi connectivity index (χ4v) is 1.82. The molecule has 1 aromatic carbocycles. The third kappa shape index (κ3) is 2.33. The number of benzene rings is 1. The van der Waals surface area contributed by atoms with E-state index in [1.807, 2.05) is 0 Å². The van der Waals surface area contributed by atoms with E-state index in [1.165, 1.54) is 36.7 Å². The van der Waals surface area contributed by atoms with Crippen LogP contribution < -0.4 is 0 Å². The first kappa shape index (κ1) is 12.6. The molecule has 0 atom stereocenters. The summed E-state index contributed by atoms with van der Waals surface area (Å²) in [5.74, 6) is -0.0579. The van der Waals surface area contributed by atoms with Crippen molar-refractivity contribution in [2.75, 3.05) is 0 Å².